The third kappa shape index (κ3) is 2.76. The van der Waals surface area contributed by atoms with Gasteiger partial charge in [-0.25, -0.2) is 4.39 Å². The summed E-state index contributed by atoms with van der Waals surface area (Å²) in [6, 6.07) is 3.88. The zero-order valence-electron chi connectivity index (χ0n) is 8.48. The fraction of sp³-hybridized carbons (Fsp3) is 0.333. The van der Waals surface area contributed by atoms with Crippen molar-refractivity contribution < 1.29 is 23.9 Å². The zero-order valence-corrected chi connectivity index (χ0v) is 8.48. The maximum atomic E-state index is 13.1. The molecule has 0 unspecified atom stereocenters. The summed E-state index contributed by atoms with van der Waals surface area (Å²) in [6.45, 7) is 0. The van der Waals surface area contributed by atoms with Crippen LogP contribution in [0.5, 0.6) is 0 Å². The van der Waals surface area contributed by atoms with E-state index in [1.54, 1.807) is 0 Å². The second-order valence-electron chi connectivity index (χ2n) is 2.96. The first-order chi connectivity index (χ1) is 7.10. The van der Waals surface area contributed by atoms with Crippen molar-refractivity contribution in [2.45, 2.75) is 6.29 Å². The highest BCUT2D eigenvalue weighted by atomic mass is 19.1. The molecule has 0 aliphatic heterocycles. The third-order valence-corrected chi connectivity index (χ3v) is 2.00. The van der Waals surface area contributed by atoms with Gasteiger partial charge in [0.1, 0.15) is 5.82 Å². The van der Waals surface area contributed by atoms with Gasteiger partial charge < -0.3 is 19.5 Å². The standard InChI is InChI=1S/C9H12BFO4/c1-14-9(15-2)6-3-4-8(11)7(5-6)10(12)13/h3-5,9,12-13H,1-2H3. The number of benzene rings is 1. The van der Waals surface area contributed by atoms with Gasteiger partial charge in [0.2, 0.25) is 0 Å². The number of halogens is 1. The van der Waals surface area contributed by atoms with E-state index >= 15 is 0 Å². The molecular weight excluding hydrogens is 202 g/mol. The predicted molar refractivity (Wildman–Crippen MR) is 53.0 cm³/mol. The second kappa shape index (κ2) is 5.23. The van der Waals surface area contributed by atoms with E-state index in [2.05, 4.69) is 0 Å². The molecule has 6 heteroatoms. The van der Waals surface area contributed by atoms with Crippen LogP contribution in [-0.2, 0) is 9.47 Å². The Morgan fingerprint density at radius 3 is 2.33 bits per heavy atom. The third-order valence-electron chi connectivity index (χ3n) is 2.00. The average Bonchev–Trinajstić information content (AvgIpc) is 2.21. The maximum Gasteiger partial charge on any atom is 0.491 e. The van der Waals surface area contributed by atoms with Crippen LogP contribution in [0.1, 0.15) is 11.9 Å². The lowest BCUT2D eigenvalue weighted by Crippen LogP contribution is -2.33. The number of rotatable bonds is 4. The van der Waals surface area contributed by atoms with Gasteiger partial charge in [0, 0.05) is 25.2 Å². The molecule has 1 aromatic rings. The Labute approximate surface area is 87.4 Å². The summed E-state index contributed by atoms with van der Waals surface area (Å²) < 4.78 is 23.0. The Kier molecular flexibility index (Phi) is 4.22. The minimum absolute atomic E-state index is 0.202. The van der Waals surface area contributed by atoms with Crippen LogP contribution in [0.2, 0.25) is 0 Å². The number of ether oxygens (including phenoxy) is 2. The molecule has 0 aliphatic carbocycles. The van der Waals surface area contributed by atoms with E-state index in [1.165, 1.54) is 26.4 Å². The quantitative estimate of drug-likeness (QED) is 0.538. The Morgan fingerprint density at radius 1 is 1.27 bits per heavy atom. The van der Waals surface area contributed by atoms with Crippen molar-refractivity contribution in [2.24, 2.45) is 0 Å². The van der Waals surface area contributed by atoms with Gasteiger partial charge in [0.05, 0.1) is 0 Å². The molecule has 1 aromatic carbocycles. The van der Waals surface area contributed by atoms with Crippen molar-refractivity contribution >= 4 is 12.6 Å². The van der Waals surface area contributed by atoms with E-state index in [9.17, 15) is 4.39 Å². The molecule has 0 amide bonds. The van der Waals surface area contributed by atoms with Crippen LogP contribution in [0.3, 0.4) is 0 Å². The normalized spacial score (nSPS) is 10.8. The molecule has 82 valence electrons. The maximum absolute atomic E-state index is 13.1. The van der Waals surface area contributed by atoms with E-state index in [1.807, 2.05) is 0 Å². The summed E-state index contributed by atoms with van der Waals surface area (Å²) in [7, 11) is 1.03. The molecule has 0 atom stereocenters. The summed E-state index contributed by atoms with van der Waals surface area (Å²) >= 11 is 0. The lowest BCUT2D eigenvalue weighted by molar-refractivity contribution is -0.106. The Morgan fingerprint density at radius 2 is 1.87 bits per heavy atom. The van der Waals surface area contributed by atoms with Crippen molar-refractivity contribution in [3.63, 3.8) is 0 Å². The van der Waals surface area contributed by atoms with Gasteiger partial charge in [-0.1, -0.05) is 12.1 Å². The highest BCUT2D eigenvalue weighted by Crippen LogP contribution is 2.16. The molecule has 0 saturated carbocycles. The lowest BCUT2D eigenvalue weighted by atomic mass is 9.79. The smallest absolute Gasteiger partial charge is 0.423 e. The molecule has 0 bridgehead atoms. The number of hydrogen-bond acceptors (Lipinski definition) is 4. The Bertz CT molecular complexity index is 328. The first-order valence-corrected chi connectivity index (χ1v) is 4.31. The van der Waals surface area contributed by atoms with Crippen molar-refractivity contribution in [3.05, 3.63) is 29.6 Å². The molecule has 2 N–H and O–H groups in total. The monoisotopic (exact) mass is 214 g/mol. The summed E-state index contributed by atoms with van der Waals surface area (Å²) in [5.41, 5.74) is 0.316. The van der Waals surface area contributed by atoms with Gasteiger partial charge in [0.15, 0.2) is 6.29 Å². The first kappa shape index (κ1) is 12.1. The largest absolute Gasteiger partial charge is 0.491 e. The van der Waals surface area contributed by atoms with Gasteiger partial charge in [0.25, 0.3) is 0 Å². The number of hydrogen-bond donors (Lipinski definition) is 2. The van der Waals surface area contributed by atoms with E-state index in [0.717, 1.165) is 6.07 Å². The van der Waals surface area contributed by atoms with Crippen LogP contribution in [-0.4, -0.2) is 31.4 Å². The molecule has 0 radical (unpaired) electrons. The highest BCUT2D eigenvalue weighted by molar-refractivity contribution is 6.58. The molecule has 4 nitrogen and oxygen atoms in total. The Hall–Kier alpha value is -0.945. The predicted octanol–water partition coefficient (Wildman–Crippen LogP) is -0.203. The van der Waals surface area contributed by atoms with Crippen LogP contribution in [0, 0.1) is 5.82 Å². The van der Waals surface area contributed by atoms with E-state index < -0.39 is 19.2 Å². The van der Waals surface area contributed by atoms with Crippen LogP contribution in [0.4, 0.5) is 4.39 Å². The zero-order chi connectivity index (χ0) is 11.4. The first-order valence-electron chi connectivity index (χ1n) is 4.31. The van der Waals surface area contributed by atoms with Crippen molar-refractivity contribution in [3.8, 4) is 0 Å². The van der Waals surface area contributed by atoms with Gasteiger partial charge in [-0.2, -0.15) is 0 Å². The number of methoxy groups -OCH3 is 2. The summed E-state index contributed by atoms with van der Waals surface area (Å²) in [6.07, 6.45) is -0.650. The van der Waals surface area contributed by atoms with E-state index in [4.69, 9.17) is 19.5 Å². The van der Waals surface area contributed by atoms with Gasteiger partial charge >= 0.3 is 7.12 Å². The van der Waals surface area contributed by atoms with Gasteiger partial charge in [-0.05, 0) is 6.07 Å². The summed E-state index contributed by atoms with van der Waals surface area (Å²) in [5, 5.41) is 17.8. The van der Waals surface area contributed by atoms with Crippen LogP contribution >= 0.6 is 0 Å². The van der Waals surface area contributed by atoms with E-state index in [-0.39, 0.29) is 5.46 Å². The summed E-state index contributed by atoms with van der Waals surface area (Å²) in [5.74, 6) is -0.681. The molecule has 1 rings (SSSR count). The molecule has 0 aliphatic rings. The molecule has 0 heterocycles. The van der Waals surface area contributed by atoms with Crippen molar-refractivity contribution in [2.75, 3.05) is 14.2 Å². The molecular formula is C9H12BFO4. The molecule has 15 heavy (non-hydrogen) atoms. The topological polar surface area (TPSA) is 58.9 Å². The van der Waals surface area contributed by atoms with E-state index in [0.29, 0.717) is 5.56 Å². The summed E-state index contributed by atoms with van der Waals surface area (Å²) in [4.78, 5) is 0. The molecule has 0 fully saturated rings. The van der Waals surface area contributed by atoms with Gasteiger partial charge in [-0.15, -0.1) is 0 Å². The van der Waals surface area contributed by atoms with Crippen LogP contribution in [0.15, 0.2) is 18.2 Å². The van der Waals surface area contributed by atoms with Crippen molar-refractivity contribution in [1.29, 1.82) is 0 Å². The fourth-order valence-electron chi connectivity index (χ4n) is 1.28. The molecule has 0 spiro atoms. The lowest BCUT2D eigenvalue weighted by Gasteiger charge is -2.14. The van der Waals surface area contributed by atoms with Crippen molar-refractivity contribution in [1.82, 2.24) is 0 Å². The van der Waals surface area contributed by atoms with Gasteiger partial charge in [-0.3, -0.25) is 0 Å². The van der Waals surface area contributed by atoms with Crippen LogP contribution < -0.4 is 5.46 Å². The van der Waals surface area contributed by atoms with Crippen LogP contribution in [0.25, 0.3) is 0 Å². The average molecular weight is 214 g/mol. The molecule has 0 saturated heterocycles. The Balaban J connectivity index is 3.06. The fourth-order valence-corrected chi connectivity index (χ4v) is 1.28. The molecule has 0 aromatic heterocycles. The highest BCUT2D eigenvalue weighted by Gasteiger charge is 2.19. The minimum atomic E-state index is -1.85. The SMILES string of the molecule is COC(OC)c1ccc(F)c(B(O)O)c1. The minimum Gasteiger partial charge on any atom is -0.423 e. The second-order valence-corrected chi connectivity index (χ2v) is 2.96.